The van der Waals surface area contributed by atoms with Gasteiger partial charge in [0.2, 0.25) is 5.95 Å². The van der Waals surface area contributed by atoms with Gasteiger partial charge in [-0.15, -0.1) is 0 Å². The molecule has 0 spiro atoms. The van der Waals surface area contributed by atoms with E-state index in [-0.39, 0.29) is 23.7 Å². The Hall–Kier alpha value is -3.75. The molecule has 32 heavy (non-hydrogen) atoms. The maximum atomic E-state index is 12.7. The lowest BCUT2D eigenvalue weighted by molar-refractivity contribution is -0.0542. The van der Waals surface area contributed by atoms with E-state index in [0.717, 1.165) is 32.5 Å². The van der Waals surface area contributed by atoms with Gasteiger partial charge in [-0.25, -0.2) is 27.7 Å². The summed E-state index contributed by atoms with van der Waals surface area (Å²) in [5, 5.41) is 1.96. The Morgan fingerprint density at radius 2 is 1.94 bits per heavy atom. The standard InChI is InChI=1S/C17H18F2N4O8S/c1-4-30-9-5-6-10(14(24)29-3)12(7-9)32(26,27)23-17(25)22-16-20-8-11(28-2)13(21-16)31-15(18)19/h5-8,15H,4H2,1-3H3,(H2,20,21,22,23,25). The summed E-state index contributed by atoms with van der Waals surface area (Å²) in [6, 6.07) is 2.19. The van der Waals surface area contributed by atoms with E-state index in [1.807, 2.05) is 5.32 Å². The molecule has 0 radical (unpaired) electrons. The van der Waals surface area contributed by atoms with Crippen molar-refractivity contribution >= 4 is 28.0 Å². The van der Waals surface area contributed by atoms with Gasteiger partial charge in [-0.2, -0.15) is 13.8 Å². The van der Waals surface area contributed by atoms with E-state index >= 15 is 0 Å². The first-order valence-electron chi connectivity index (χ1n) is 8.66. The van der Waals surface area contributed by atoms with Gasteiger partial charge in [0.15, 0.2) is 5.75 Å². The normalized spacial score (nSPS) is 10.9. The number of carbonyl (C=O) groups is 2. The van der Waals surface area contributed by atoms with Crippen LogP contribution in [0.1, 0.15) is 17.3 Å². The van der Waals surface area contributed by atoms with Crippen molar-refractivity contribution < 1.29 is 45.7 Å². The van der Waals surface area contributed by atoms with Crippen LogP contribution < -0.4 is 24.2 Å². The molecule has 0 aliphatic heterocycles. The van der Waals surface area contributed by atoms with Crippen LogP contribution in [0.15, 0.2) is 29.3 Å². The molecular weight excluding hydrogens is 458 g/mol. The van der Waals surface area contributed by atoms with Crippen molar-refractivity contribution in [3.8, 4) is 17.4 Å². The molecule has 2 aromatic rings. The van der Waals surface area contributed by atoms with Crippen molar-refractivity contribution in [2.45, 2.75) is 18.4 Å². The van der Waals surface area contributed by atoms with E-state index in [2.05, 4.69) is 19.4 Å². The summed E-state index contributed by atoms with van der Waals surface area (Å²) in [5.41, 5.74) is -0.357. The first-order chi connectivity index (χ1) is 15.1. The van der Waals surface area contributed by atoms with Crippen LogP contribution in [-0.4, -0.2) is 57.8 Å². The summed E-state index contributed by atoms with van der Waals surface area (Å²) in [5.74, 6) is -2.35. The summed E-state index contributed by atoms with van der Waals surface area (Å²) in [6.07, 6.45) is 0.926. The topological polar surface area (TPSA) is 155 Å². The van der Waals surface area contributed by atoms with Gasteiger partial charge in [-0.3, -0.25) is 5.32 Å². The second kappa shape index (κ2) is 10.5. The van der Waals surface area contributed by atoms with E-state index < -0.39 is 45.4 Å². The van der Waals surface area contributed by atoms with Gasteiger partial charge in [-0.05, 0) is 19.1 Å². The summed E-state index contributed by atoms with van der Waals surface area (Å²) >= 11 is 0. The highest BCUT2D eigenvalue weighted by molar-refractivity contribution is 7.90. The van der Waals surface area contributed by atoms with Crippen LogP contribution in [0.25, 0.3) is 0 Å². The Labute approximate surface area is 180 Å². The number of hydrogen-bond acceptors (Lipinski definition) is 10. The number of esters is 1. The van der Waals surface area contributed by atoms with E-state index in [4.69, 9.17) is 9.47 Å². The Morgan fingerprint density at radius 1 is 1.22 bits per heavy atom. The number of amides is 2. The minimum absolute atomic E-state index is 0.119. The molecule has 174 valence electrons. The quantitative estimate of drug-likeness (QED) is 0.512. The molecule has 0 aliphatic carbocycles. The summed E-state index contributed by atoms with van der Waals surface area (Å²) in [7, 11) is -2.42. The smallest absolute Gasteiger partial charge is 0.388 e. The number of methoxy groups -OCH3 is 2. The fraction of sp³-hybridized carbons (Fsp3) is 0.294. The highest BCUT2D eigenvalue weighted by Crippen LogP contribution is 2.26. The van der Waals surface area contributed by atoms with Crippen molar-refractivity contribution in [3.05, 3.63) is 30.0 Å². The van der Waals surface area contributed by atoms with Gasteiger partial charge in [0.25, 0.3) is 15.9 Å². The summed E-state index contributed by atoms with van der Waals surface area (Å²) in [4.78, 5) is 30.7. The molecule has 0 saturated heterocycles. The third-order valence-electron chi connectivity index (χ3n) is 3.55. The highest BCUT2D eigenvalue weighted by atomic mass is 32.2. The number of aromatic nitrogens is 2. The van der Waals surface area contributed by atoms with Crippen LogP contribution in [-0.2, 0) is 14.8 Å². The Balaban J connectivity index is 2.30. The minimum atomic E-state index is -4.62. The van der Waals surface area contributed by atoms with Gasteiger partial charge in [0.05, 0.1) is 32.6 Å². The molecule has 0 atom stereocenters. The first-order valence-corrected chi connectivity index (χ1v) is 10.1. The number of hydrogen-bond donors (Lipinski definition) is 2. The van der Waals surface area contributed by atoms with E-state index in [0.29, 0.717) is 0 Å². The summed E-state index contributed by atoms with van der Waals surface area (Å²) in [6.45, 7) is -1.37. The predicted molar refractivity (Wildman–Crippen MR) is 104 cm³/mol. The van der Waals surface area contributed by atoms with Crippen LogP contribution in [0.2, 0.25) is 0 Å². The molecule has 0 aliphatic rings. The van der Waals surface area contributed by atoms with Crippen molar-refractivity contribution in [3.63, 3.8) is 0 Å². The molecule has 12 nitrogen and oxygen atoms in total. The number of nitrogens with one attached hydrogen (secondary N) is 2. The summed E-state index contributed by atoms with van der Waals surface area (Å²) < 4.78 is 70.8. The van der Waals surface area contributed by atoms with Crippen LogP contribution in [0.3, 0.4) is 0 Å². The SMILES string of the molecule is CCOc1ccc(C(=O)OC)c(S(=O)(=O)NC(=O)Nc2ncc(OC)c(OC(F)F)n2)c1. The van der Waals surface area contributed by atoms with E-state index in [1.165, 1.54) is 6.07 Å². The molecule has 0 bridgehead atoms. The lowest BCUT2D eigenvalue weighted by Gasteiger charge is -2.13. The maximum Gasteiger partial charge on any atom is 0.388 e. The molecule has 2 N–H and O–H groups in total. The van der Waals surface area contributed by atoms with Crippen LogP contribution in [0.4, 0.5) is 19.5 Å². The van der Waals surface area contributed by atoms with Crippen molar-refractivity contribution in [1.82, 2.24) is 14.7 Å². The lowest BCUT2D eigenvalue weighted by Crippen LogP contribution is -2.35. The van der Waals surface area contributed by atoms with Gasteiger partial charge in [-0.1, -0.05) is 0 Å². The monoisotopic (exact) mass is 476 g/mol. The lowest BCUT2D eigenvalue weighted by atomic mass is 10.2. The molecular formula is C17H18F2N4O8S. The number of anilines is 1. The number of rotatable bonds is 9. The van der Waals surface area contributed by atoms with Gasteiger partial charge >= 0.3 is 18.6 Å². The number of sulfonamides is 1. The van der Waals surface area contributed by atoms with Crippen LogP contribution in [0, 0.1) is 0 Å². The fourth-order valence-corrected chi connectivity index (χ4v) is 3.41. The van der Waals surface area contributed by atoms with Gasteiger partial charge in [0.1, 0.15) is 10.6 Å². The number of urea groups is 1. The van der Waals surface area contributed by atoms with Crippen molar-refractivity contribution in [2.24, 2.45) is 0 Å². The number of alkyl halides is 2. The zero-order valence-electron chi connectivity index (χ0n) is 16.9. The minimum Gasteiger partial charge on any atom is -0.494 e. The average molecular weight is 476 g/mol. The molecule has 2 rings (SSSR count). The molecule has 0 saturated carbocycles. The third-order valence-corrected chi connectivity index (χ3v) is 4.93. The largest absolute Gasteiger partial charge is 0.494 e. The second-order valence-electron chi connectivity index (χ2n) is 5.59. The second-order valence-corrected chi connectivity index (χ2v) is 7.24. The first kappa shape index (κ1) is 24.5. The molecule has 1 heterocycles. The maximum absolute atomic E-state index is 12.7. The van der Waals surface area contributed by atoms with E-state index in [9.17, 15) is 26.8 Å². The molecule has 0 unspecified atom stereocenters. The molecule has 1 aromatic carbocycles. The van der Waals surface area contributed by atoms with E-state index in [1.54, 1.807) is 11.6 Å². The van der Waals surface area contributed by atoms with Crippen molar-refractivity contribution in [2.75, 3.05) is 26.1 Å². The van der Waals surface area contributed by atoms with Gasteiger partial charge < -0.3 is 18.9 Å². The molecule has 2 amide bonds. The Morgan fingerprint density at radius 3 is 2.53 bits per heavy atom. The Bertz CT molecular complexity index is 1100. The Kier molecular flexibility index (Phi) is 8.06. The molecule has 0 fully saturated rings. The zero-order valence-corrected chi connectivity index (χ0v) is 17.7. The molecule has 1 aromatic heterocycles. The number of carbonyl (C=O) groups excluding carboxylic acids is 2. The number of ether oxygens (including phenoxy) is 4. The zero-order chi connectivity index (χ0) is 23.9. The average Bonchev–Trinajstić information content (AvgIpc) is 2.72. The number of benzene rings is 1. The number of halogens is 2. The third kappa shape index (κ3) is 6.13. The highest BCUT2D eigenvalue weighted by Gasteiger charge is 2.26. The predicted octanol–water partition coefficient (Wildman–Crippen LogP) is 1.78. The molecule has 15 heteroatoms. The fourth-order valence-electron chi connectivity index (χ4n) is 2.29. The van der Waals surface area contributed by atoms with Gasteiger partial charge in [0, 0.05) is 6.07 Å². The van der Waals surface area contributed by atoms with Crippen molar-refractivity contribution in [1.29, 1.82) is 0 Å². The van der Waals surface area contributed by atoms with Crippen LogP contribution in [0.5, 0.6) is 17.4 Å². The number of nitrogens with zero attached hydrogens (tertiary/aromatic N) is 2. The van der Waals surface area contributed by atoms with Crippen LogP contribution >= 0.6 is 0 Å².